The normalized spacial score (nSPS) is 11.5. The highest BCUT2D eigenvalue weighted by Gasteiger charge is 1.97. The minimum absolute atomic E-state index is 0.178. The van der Waals surface area contributed by atoms with Gasteiger partial charge in [0.1, 0.15) is 10.1 Å². The van der Waals surface area contributed by atoms with Crippen LogP contribution in [0, 0.1) is 6.92 Å². The van der Waals surface area contributed by atoms with E-state index in [0.29, 0.717) is 0 Å². The van der Waals surface area contributed by atoms with Crippen molar-refractivity contribution in [2.75, 3.05) is 0 Å². The van der Waals surface area contributed by atoms with Crippen LogP contribution < -0.4 is 0 Å². The van der Waals surface area contributed by atoms with Gasteiger partial charge in [0.15, 0.2) is 0 Å². The molecule has 0 N–H and O–H groups in total. The monoisotopic (exact) mass is 363 g/mol. The lowest BCUT2D eigenvalue weighted by Crippen LogP contribution is -1.97. The van der Waals surface area contributed by atoms with Crippen LogP contribution in [-0.2, 0) is 30.9 Å². The second-order valence-corrected chi connectivity index (χ2v) is 6.10. The Morgan fingerprint density at radius 1 is 0.667 bits per heavy atom. The van der Waals surface area contributed by atoms with Crippen molar-refractivity contribution in [3.8, 4) is 0 Å². The Bertz CT molecular complexity index is 682. The summed E-state index contributed by atoms with van der Waals surface area (Å²) in [4.78, 5) is -0.178. The van der Waals surface area contributed by atoms with Crippen molar-refractivity contribution in [2.45, 2.75) is 11.8 Å². The summed E-state index contributed by atoms with van der Waals surface area (Å²) in [5.41, 5.74) is 0.928. The predicted molar refractivity (Wildman–Crippen MR) is 60.1 cm³/mol. The lowest BCUT2D eigenvalue weighted by Gasteiger charge is -2.06. The Morgan fingerprint density at radius 2 is 0.905 bits per heavy atom. The highest BCUT2D eigenvalue weighted by molar-refractivity contribution is 7.85. The predicted octanol–water partition coefficient (Wildman–Crippen LogP) is -1.78. The largest absolute Gasteiger partial charge is 0.759 e. The molecule has 14 heteroatoms. The van der Waals surface area contributed by atoms with Crippen LogP contribution in [-0.4, -0.2) is 48.0 Å². The maximum absolute atomic E-state index is 10.4. The van der Waals surface area contributed by atoms with Gasteiger partial charge in [0.2, 0.25) is 0 Å². The molecule has 0 amide bonds. The standard InChI is InChI=1S/C7H8O3S.2H2O4S/c1-6-2-4-7(5-3-6)11(8,9)10;2*1-5(2,3)4/h2-5H,1H3,(H,8,9,10);2*(H2,1,2,3,4)/p-5. The molecule has 0 atom stereocenters. The summed E-state index contributed by atoms with van der Waals surface area (Å²) in [6, 6.07) is 5.78. The Balaban J connectivity index is 0. The molecule has 1 aromatic carbocycles. The molecule has 0 aliphatic heterocycles. The van der Waals surface area contributed by atoms with Crippen LogP contribution in [0.5, 0.6) is 0 Å². The van der Waals surface area contributed by atoms with Crippen molar-refractivity contribution in [3.63, 3.8) is 0 Å². The molecule has 0 unspecified atom stereocenters. The summed E-state index contributed by atoms with van der Waals surface area (Å²) >= 11 is 0. The summed E-state index contributed by atoms with van der Waals surface area (Å²) in [7, 11) is -14.6. The Morgan fingerprint density at radius 3 is 1.10 bits per heavy atom. The van der Waals surface area contributed by atoms with Crippen molar-refractivity contribution >= 4 is 30.9 Å². The molecule has 0 spiro atoms. The van der Waals surface area contributed by atoms with E-state index in [2.05, 4.69) is 0 Å². The first-order valence-electron chi connectivity index (χ1n) is 4.36. The first-order valence-corrected chi connectivity index (χ1v) is 8.43. The van der Waals surface area contributed by atoms with Gasteiger partial charge in [-0.15, -0.1) is 0 Å². The van der Waals surface area contributed by atoms with E-state index in [1.54, 1.807) is 12.1 Å². The third-order valence-electron chi connectivity index (χ3n) is 1.31. The van der Waals surface area contributed by atoms with Crippen molar-refractivity contribution in [2.24, 2.45) is 0 Å². The van der Waals surface area contributed by atoms with Gasteiger partial charge in [-0.05, 0) is 19.1 Å². The zero-order valence-electron chi connectivity index (χ0n) is 10.0. The van der Waals surface area contributed by atoms with Gasteiger partial charge in [-0.3, -0.25) is 16.8 Å². The van der Waals surface area contributed by atoms with E-state index in [1.165, 1.54) is 12.1 Å². The molecule has 1 aromatic rings. The fraction of sp³-hybridized carbons (Fsp3) is 0.143. The van der Waals surface area contributed by atoms with Gasteiger partial charge in [0.25, 0.3) is 0 Å². The fourth-order valence-corrected chi connectivity index (χ4v) is 1.17. The second kappa shape index (κ2) is 8.35. The maximum atomic E-state index is 10.4. The lowest BCUT2D eigenvalue weighted by molar-refractivity contribution is 0.350. The highest BCUT2D eigenvalue weighted by Crippen LogP contribution is 2.08. The zero-order valence-corrected chi connectivity index (χ0v) is 12.5. The average Bonchev–Trinajstić information content (AvgIpc) is 2.10. The Kier molecular flexibility index (Phi) is 8.81. The molecule has 0 saturated carbocycles. The second-order valence-electron chi connectivity index (χ2n) is 3.08. The van der Waals surface area contributed by atoms with Crippen LogP contribution in [0.15, 0.2) is 29.2 Å². The topological polar surface area (TPSA) is 218 Å². The van der Waals surface area contributed by atoms with Gasteiger partial charge >= 0.3 is 0 Å². The van der Waals surface area contributed by atoms with E-state index < -0.39 is 30.9 Å². The van der Waals surface area contributed by atoms with Crippen LogP contribution in [0.1, 0.15) is 5.56 Å². The van der Waals surface area contributed by atoms with Crippen LogP contribution >= 0.6 is 0 Å². The molecular formula is C7H7O11S3-5. The van der Waals surface area contributed by atoms with E-state index >= 15 is 0 Å². The molecule has 0 saturated heterocycles. The third kappa shape index (κ3) is 24.3. The van der Waals surface area contributed by atoms with Crippen LogP contribution in [0.2, 0.25) is 0 Å². The van der Waals surface area contributed by atoms with E-state index in [0.717, 1.165) is 5.56 Å². The van der Waals surface area contributed by atoms with Gasteiger partial charge in [0.05, 0.1) is 4.90 Å². The van der Waals surface area contributed by atoms with E-state index in [1.807, 2.05) is 6.92 Å². The molecular weight excluding hydrogens is 356 g/mol. The first-order chi connectivity index (χ1) is 9.00. The molecule has 124 valence electrons. The minimum Gasteiger partial charge on any atom is -0.759 e. The molecule has 0 bridgehead atoms. The molecule has 0 aromatic heterocycles. The minimum atomic E-state index is -5.17. The van der Waals surface area contributed by atoms with Crippen LogP contribution in [0.25, 0.3) is 0 Å². The van der Waals surface area contributed by atoms with Gasteiger partial charge in [0, 0.05) is 20.8 Å². The van der Waals surface area contributed by atoms with Gasteiger partial charge in [-0.2, -0.15) is 0 Å². The molecule has 0 aliphatic carbocycles. The number of hydrogen-bond acceptors (Lipinski definition) is 11. The molecule has 21 heavy (non-hydrogen) atoms. The molecule has 11 nitrogen and oxygen atoms in total. The summed E-state index contributed by atoms with van der Waals surface area (Å²) in [5.74, 6) is 0. The summed E-state index contributed by atoms with van der Waals surface area (Å²) in [6.07, 6.45) is 0. The van der Waals surface area contributed by atoms with Gasteiger partial charge in [-0.25, -0.2) is 8.42 Å². The van der Waals surface area contributed by atoms with E-state index in [-0.39, 0.29) is 4.90 Å². The van der Waals surface area contributed by atoms with Crippen LogP contribution in [0.4, 0.5) is 0 Å². The van der Waals surface area contributed by atoms with Crippen molar-refractivity contribution in [3.05, 3.63) is 29.8 Å². The van der Waals surface area contributed by atoms with E-state index in [9.17, 15) is 13.0 Å². The van der Waals surface area contributed by atoms with E-state index in [4.69, 9.17) is 35.0 Å². The molecule has 0 fully saturated rings. The Hall–Kier alpha value is -1.13. The average molecular weight is 363 g/mol. The third-order valence-corrected chi connectivity index (χ3v) is 2.16. The molecule has 0 heterocycles. The number of rotatable bonds is 1. The fourth-order valence-electron chi connectivity index (χ4n) is 0.705. The molecule has 0 radical (unpaired) electrons. The maximum Gasteiger partial charge on any atom is 0.124 e. The quantitative estimate of drug-likeness (QED) is 0.401. The van der Waals surface area contributed by atoms with Crippen LogP contribution in [0.3, 0.4) is 0 Å². The van der Waals surface area contributed by atoms with Crippen molar-refractivity contribution in [1.82, 2.24) is 0 Å². The number of aryl methyl sites for hydroxylation is 1. The summed E-state index contributed by atoms with van der Waals surface area (Å²) in [5, 5.41) is 0. The lowest BCUT2D eigenvalue weighted by atomic mass is 10.2. The summed E-state index contributed by atoms with van der Waals surface area (Å²) in [6.45, 7) is 1.82. The SMILES string of the molecule is Cc1ccc(S(=O)(=O)[O-])cc1.O=S(=O)([O-])[O-].O=S(=O)([O-])[O-]. The molecule has 1 rings (SSSR count). The summed E-state index contributed by atoms with van der Waals surface area (Å²) < 4.78 is 99.3. The smallest absolute Gasteiger partial charge is 0.124 e. The highest BCUT2D eigenvalue weighted by atomic mass is 32.3. The van der Waals surface area contributed by atoms with Crippen molar-refractivity contribution < 1.29 is 48.0 Å². The van der Waals surface area contributed by atoms with Gasteiger partial charge < -0.3 is 22.8 Å². The zero-order chi connectivity index (χ0) is 17.5. The number of benzene rings is 1. The number of hydrogen-bond donors (Lipinski definition) is 0. The van der Waals surface area contributed by atoms with Crippen molar-refractivity contribution in [1.29, 1.82) is 0 Å². The molecule has 0 aliphatic rings. The first kappa shape index (κ1) is 22.2. The Labute approximate surface area is 121 Å². The van der Waals surface area contributed by atoms with Gasteiger partial charge in [-0.1, -0.05) is 17.7 Å².